The molecule has 26 heavy (non-hydrogen) atoms. The van der Waals surface area contributed by atoms with E-state index in [0.29, 0.717) is 26.2 Å². The first-order valence-corrected chi connectivity index (χ1v) is 8.98. The molecule has 0 saturated carbocycles. The molecule has 0 radical (unpaired) electrons. The molecule has 4 aromatic rings. The molecule has 0 atom stereocenters. The van der Waals surface area contributed by atoms with Crippen LogP contribution in [-0.4, -0.2) is 15.9 Å². The number of rotatable bonds is 3. The largest absolute Gasteiger partial charge is 0.397 e. The summed E-state index contributed by atoms with van der Waals surface area (Å²) in [6, 6.07) is 16.5. The minimum absolute atomic E-state index is 0.294. The molecule has 5 nitrogen and oxygen atoms in total. The Bertz CT molecular complexity index is 1090. The lowest BCUT2D eigenvalue weighted by Crippen LogP contribution is -2.12. The highest BCUT2D eigenvalue weighted by Gasteiger charge is 2.18. The van der Waals surface area contributed by atoms with Crippen molar-refractivity contribution in [2.45, 2.75) is 0 Å². The van der Waals surface area contributed by atoms with Crippen LogP contribution in [0.4, 0.5) is 11.5 Å². The summed E-state index contributed by atoms with van der Waals surface area (Å²) in [5.41, 5.74) is 8.34. The minimum atomic E-state index is -0.294. The number of nitrogens with zero attached hydrogens (tertiary/aromatic N) is 2. The third-order valence-corrected chi connectivity index (χ3v) is 5.21. The molecule has 0 aliphatic heterocycles. The zero-order valence-electron chi connectivity index (χ0n) is 13.4. The third kappa shape index (κ3) is 3.12. The molecule has 0 aliphatic rings. The van der Waals surface area contributed by atoms with E-state index >= 15 is 0 Å². The summed E-state index contributed by atoms with van der Waals surface area (Å²) in [5.74, 6) is 0.182. The topological polar surface area (TPSA) is 80.9 Å². The van der Waals surface area contributed by atoms with Gasteiger partial charge in [0, 0.05) is 22.2 Å². The fourth-order valence-electron chi connectivity index (χ4n) is 2.56. The number of carbonyl (C=O) groups is 1. The van der Waals surface area contributed by atoms with E-state index < -0.39 is 0 Å². The smallest absolute Gasteiger partial charge is 0.269 e. The number of nitrogens with one attached hydrogen (secondary N) is 1. The Labute approximate surface area is 158 Å². The van der Waals surface area contributed by atoms with Gasteiger partial charge in [0.15, 0.2) is 0 Å². The molecule has 1 amide bonds. The predicted molar refractivity (Wildman–Crippen MR) is 107 cm³/mol. The summed E-state index contributed by atoms with van der Waals surface area (Å²) in [5, 5.41) is 4.18. The summed E-state index contributed by atoms with van der Waals surface area (Å²) in [6.07, 6.45) is 1.61. The Morgan fingerprint density at radius 3 is 2.62 bits per heavy atom. The first-order chi connectivity index (χ1) is 12.6. The standard InChI is InChI=1S/C19H13ClN4OS/c20-12-6-4-11(5-7-12)14-9-8-13-16(21)17(26-19(13)23-14)18(25)24-15-3-1-2-10-22-15/h1-10H,21H2,(H,22,24,25). The van der Waals surface area contributed by atoms with E-state index in [4.69, 9.17) is 17.3 Å². The van der Waals surface area contributed by atoms with E-state index in [-0.39, 0.29) is 5.91 Å². The summed E-state index contributed by atoms with van der Waals surface area (Å²) in [4.78, 5) is 22.4. The second-order valence-electron chi connectivity index (χ2n) is 5.57. The highest BCUT2D eigenvalue weighted by atomic mass is 35.5. The maximum atomic E-state index is 12.5. The van der Waals surface area contributed by atoms with Gasteiger partial charge >= 0.3 is 0 Å². The molecule has 1 aromatic carbocycles. The monoisotopic (exact) mass is 380 g/mol. The second-order valence-corrected chi connectivity index (χ2v) is 7.01. The number of amides is 1. The van der Waals surface area contributed by atoms with Gasteiger partial charge in [0.1, 0.15) is 15.5 Å². The SMILES string of the molecule is Nc1c(C(=O)Nc2ccccn2)sc2nc(-c3ccc(Cl)cc3)ccc12. The van der Waals surface area contributed by atoms with Gasteiger partial charge in [0.2, 0.25) is 0 Å². The Hall–Kier alpha value is -2.96. The Morgan fingerprint density at radius 1 is 1.08 bits per heavy atom. The van der Waals surface area contributed by atoms with Crippen LogP contribution in [0.3, 0.4) is 0 Å². The van der Waals surface area contributed by atoms with E-state index in [1.165, 1.54) is 11.3 Å². The summed E-state index contributed by atoms with van der Waals surface area (Å²) >= 11 is 7.20. The number of nitrogen functional groups attached to an aromatic ring is 1. The third-order valence-electron chi connectivity index (χ3n) is 3.85. The fourth-order valence-corrected chi connectivity index (χ4v) is 3.67. The van der Waals surface area contributed by atoms with Gasteiger partial charge in [-0.3, -0.25) is 4.79 Å². The van der Waals surface area contributed by atoms with Gasteiger partial charge in [0.05, 0.1) is 11.4 Å². The zero-order chi connectivity index (χ0) is 18.1. The number of nitrogens with two attached hydrogens (primary N) is 1. The number of aromatic nitrogens is 2. The summed E-state index contributed by atoms with van der Waals surface area (Å²) < 4.78 is 0. The van der Waals surface area contributed by atoms with E-state index in [2.05, 4.69) is 15.3 Å². The average Bonchev–Trinajstić information content (AvgIpc) is 2.99. The number of hydrogen-bond donors (Lipinski definition) is 2. The molecule has 4 rings (SSSR count). The Balaban J connectivity index is 1.70. The van der Waals surface area contributed by atoms with Crippen LogP contribution in [0, 0.1) is 0 Å². The van der Waals surface area contributed by atoms with Crippen molar-refractivity contribution in [2.75, 3.05) is 11.1 Å². The van der Waals surface area contributed by atoms with Gasteiger partial charge in [-0.05, 0) is 36.4 Å². The normalized spacial score (nSPS) is 10.8. The average molecular weight is 381 g/mol. The van der Waals surface area contributed by atoms with Crippen LogP contribution in [0.25, 0.3) is 21.5 Å². The molecule has 7 heteroatoms. The van der Waals surface area contributed by atoms with Crippen LogP contribution in [0.15, 0.2) is 60.8 Å². The molecule has 0 fully saturated rings. The first-order valence-electron chi connectivity index (χ1n) is 7.79. The van der Waals surface area contributed by atoms with Crippen LogP contribution in [0.2, 0.25) is 5.02 Å². The van der Waals surface area contributed by atoms with Gasteiger partial charge in [-0.2, -0.15) is 0 Å². The summed E-state index contributed by atoms with van der Waals surface area (Å²) in [7, 11) is 0. The second kappa shape index (κ2) is 6.74. The van der Waals surface area contributed by atoms with Crippen molar-refractivity contribution in [1.29, 1.82) is 0 Å². The number of halogens is 1. The Morgan fingerprint density at radius 2 is 1.88 bits per heavy atom. The van der Waals surface area contributed by atoms with Crippen molar-refractivity contribution in [1.82, 2.24) is 9.97 Å². The van der Waals surface area contributed by atoms with Crippen molar-refractivity contribution in [3.05, 3.63) is 70.7 Å². The number of thiophene rings is 1. The fraction of sp³-hybridized carbons (Fsp3) is 0. The van der Waals surface area contributed by atoms with Crippen LogP contribution >= 0.6 is 22.9 Å². The van der Waals surface area contributed by atoms with Crippen LogP contribution in [0.1, 0.15) is 9.67 Å². The number of anilines is 2. The number of hydrogen-bond acceptors (Lipinski definition) is 5. The molecular formula is C19H13ClN4OS. The van der Waals surface area contributed by atoms with Crippen molar-refractivity contribution in [3.8, 4) is 11.3 Å². The molecule has 0 unspecified atom stereocenters. The van der Waals surface area contributed by atoms with Crippen molar-refractivity contribution in [3.63, 3.8) is 0 Å². The molecule has 0 aliphatic carbocycles. The van der Waals surface area contributed by atoms with Crippen LogP contribution < -0.4 is 11.1 Å². The van der Waals surface area contributed by atoms with Gasteiger partial charge in [0.25, 0.3) is 5.91 Å². The highest BCUT2D eigenvalue weighted by Crippen LogP contribution is 2.34. The molecule has 3 heterocycles. The van der Waals surface area contributed by atoms with Crippen LogP contribution in [0.5, 0.6) is 0 Å². The van der Waals surface area contributed by atoms with Gasteiger partial charge in [-0.25, -0.2) is 9.97 Å². The molecule has 0 saturated heterocycles. The Kier molecular flexibility index (Phi) is 4.28. The molecule has 3 N–H and O–H groups in total. The van der Waals surface area contributed by atoms with Crippen LogP contribution in [-0.2, 0) is 0 Å². The lowest BCUT2D eigenvalue weighted by atomic mass is 10.1. The van der Waals surface area contributed by atoms with E-state index in [1.807, 2.05) is 36.4 Å². The summed E-state index contributed by atoms with van der Waals surface area (Å²) in [6.45, 7) is 0. The van der Waals surface area contributed by atoms with Crippen molar-refractivity contribution >= 4 is 50.6 Å². The lowest BCUT2D eigenvalue weighted by Gasteiger charge is -2.02. The van der Waals surface area contributed by atoms with E-state index in [0.717, 1.165) is 16.6 Å². The number of pyridine rings is 2. The molecular weight excluding hydrogens is 368 g/mol. The minimum Gasteiger partial charge on any atom is -0.397 e. The quantitative estimate of drug-likeness (QED) is 0.532. The van der Waals surface area contributed by atoms with Crippen molar-refractivity contribution in [2.24, 2.45) is 0 Å². The maximum Gasteiger partial charge on any atom is 0.269 e. The lowest BCUT2D eigenvalue weighted by molar-refractivity contribution is 0.103. The van der Waals surface area contributed by atoms with E-state index in [9.17, 15) is 4.79 Å². The number of fused-ring (bicyclic) bond motifs is 1. The molecule has 3 aromatic heterocycles. The highest BCUT2D eigenvalue weighted by molar-refractivity contribution is 7.21. The van der Waals surface area contributed by atoms with Gasteiger partial charge in [-0.1, -0.05) is 29.8 Å². The molecule has 0 bridgehead atoms. The van der Waals surface area contributed by atoms with Gasteiger partial charge < -0.3 is 11.1 Å². The van der Waals surface area contributed by atoms with E-state index in [1.54, 1.807) is 24.4 Å². The predicted octanol–water partition coefficient (Wildman–Crippen LogP) is 4.85. The number of benzene rings is 1. The number of carbonyl (C=O) groups excluding carboxylic acids is 1. The zero-order valence-corrected chi connectivity index (χ0v) is 15.0. The van der Waals surface area contributed by atoms with Gasteiger partial charge in [-0.15, -0.1) is 11.3 Å². The first kappa shape index (κ1) is 16.5. The molecule has 128 valence electrons. The van der Waals surface area contributed by atoms with Crippen molar-refractivity contribution < 1.29 is 4.79 Å². The molecule has 0 spiro atoms. The maximum absolute atomic E-state index is 12.5.